The number of aryl methyl sites for hydroxylation is 3. The summed E-state index contributed by atoms with van der Waals surface area (Å²) in [6.45, 7) is 8.18. The van der Waals surface area contributed by atoms with Gasteiger partial charge < -0.3 is 9.80 Å². The van der Waals surface area contributed by atoms with Gasteiger partial charge in [-0.1, -0.05) is 19.3 Å². The molecule has 4 rings (SSSR count). The third-order valence-corrected chi connectivity index (χ3v) is 5.76. The van der Waals surface area contributed by atoms with E-state index >= 15 is 0 Å². The van der Waals surface area contributed by atoms with Crippen LogP contribution in [0.25, 0.3) is 5.65 Å². The van der Waals surface area contributed by atoms with E-state index in [0.29, 0.717) is 12.6 Å². The lowest BCUT2D eigenvalue weighted by Crippen LogP contribution is -2.54. The van der Waals surface area contributed by atoms with E-state index in [0.717, 1.165) is 41.5 Å². The Morgan fingerprint density at radius 3 is 2.56 bits per heavy atom. The Hall–Kier alpha value is -2.11. The first kappa shape index (κ1) is 16.4. The number of aromatic nitrogens is 3. The van der Waals surface area contributed by atoms with Gasteiger partial charge in [-0.15, -0.1) is 0 Å². The molecule has 0 bridgehead atoms. The Labute approximate surface area is 148 Å². The largest absolute Gasteiger partial charge is 0.345 e. The van der Waals surface area contributed by atoms with Crippen LogP contribution in [0.3, 0.4) is 0 Å². The van der Waals surface area contributed by atoms with E-state index in [1.807, 2.05) is 24.4 Å². The van der Waals surface area contributed by atoms with Crippen molar-refractivity contribution in [2.45, 2.75) is 58.9 Å². The monoisotopic (exact) mass is 341 g/mol. The Morgan fingerprint density at radius 2 is 1.84 bits per heavy atom. The third-order valence-electron chi connectivity index (χ3n) is 5.76. The SMILES string of the molecule is Cc1cc(N2CCN(C3CCCCC3)C(=O)C2)n2nc(C)c(C)c2n1. The van der Waals surface area contributed by atoms with Crippen LogP contribution in [0.2, 0.25) is 0 Å². The number of rotatable bonds is 2. The van der Waals surface area contributed by atoms with Gasteiger partial charge in [0, 0.05) is 36.5 Å². The zero-order chi connectivity index (χ0) is 17.6. The molecule has 0 radical (unpaired) electrons. The van der Waals surface area contributed by atoms with Crippen molar-refractivity contribution in [3.63, 3.8) is 0 Å². The minimum Gasteiger partial charge on any atom is -0.345 e. The summed E-state index contributed by atoms with van der Waals surface area (Å²) < 4.78 is 1.90. The van der Waals surface area contributed by atoms with Crippen molar-refractivity contribution in [3.05, 3.63) is 23.0 Å². The molecular weight excluding hydrogens is 314 g/mol. The molecule has 1 aliphatic heterocycles. The van der Waals surface area contributed by atoms with Gasteiger partial charge in [-0.25, -0.2) is 4.98 Å². The van der Waals surface area contributed by atoms with Crippen LogP contribution in [-0.4, -0.2) is 51.1 Å². The molecule has 1 saturated heterocycles. The Balaban J connectivity index is 1.60. The molecule has 0 atom stereocenters. The summed E-state index contributed by atoms with van der Waals surface area (Å²) in [5.41, 5.74) is 3.96. The summed E-state index contributed by atoms with van der Waals surface area (Å²) in [4.78, 5) is 21.7. The van der Waals surface area contributed by atoms with Crippen molar-refractivity contribution in [2.24, 2.45) is 0 Å². The normalized spacial score (nSPS) is 19.9. The third kappa shape index (κ3) is 2.87. The molecular formula is C19H27N5O. The van der Waals surface area contributed by atoms with Crippen molar-refractivity contribution < 1.29 is 4.79 Å². The number of carbonyl (C=O) groups is 1. The molecule has 0 unspecified atom stereocenters. The highest BCUT2D eigenvalue weighted by atomic mass is 16.2. The lowest BCUT2D eigenvalue weighted by Gasteiger charge is -2.41. The number of piperazine rings is 1. The number of hydrogen-bond acceptors (Lipinski definition) is 4. The van der Waals surface area contributed by atoms with Crippen LogP contribution in [0.15, 0.2) is 6.07 Å². The zero-order valence-electron chi connectivity index (χ0n) is 15.5. The predicted molar refractivity (Wildman–Crippen MR) is 98.0 cm³/mol. The summed E-state index contributed by atoms with van der Waals surface area (Å²) in [5.74, 6) is 1.23. The van der Waals surface area contributed by atoms with Crippen LogP contribution >= 0.6 is 0 Å². The van der Waals surface area contributed by atoms with E-state index in [-0.39, 0.29) is 5.91 Å². The quantitative estimate of drug-likeness (QED) is 0.843. The van der Waals surface area contributed by atoms with Crippen molar-refractivity contribution >= 4 is 17.4 Å². The maximum Gasteiger partial charge on any atom is 0.242 e. The van der Waals surface area contributed by atoms with Crippen LogP contribution in [0.4, 0.5) is 5.82 Å². The molecule has 134 valence electrons. The molecule has 0 N–H and O–H groups in total. The standard InChI is InChI=1S/C19H27N5O/c1-13-11-17(24-19(20-13)14(2)15(3)21-24)22-9-10-23(18(25)12-22)16-7-5-4-6-8-16/h11,16H,4-10,12H2,1-3H3. The first-order valence-corrected chi connectivity index (χ1v) is 9.42. The van der Waals surface area contributed by atoms with E-state index in [9.17, 15) is 4.79 Å². The first-order valence-electron chi connectivity index (χ1n) is 9.42. The van der Waals surface area contributed by atoms with E-state index in [1.165, 1.54) is 32.1 Å². The summed E-state index contributed by atoms with van der Waals surface area (Å²) in [5, 5.41) is 4.65. The van der Waals surface area contributed by atoms with Crippen molar-refractivity contribution in [3.8, 4) is 0 Å². The molecule has 1 amide bonds. The first-order chi connectivity index (χ1) is 12.0. The van der Waals surface area contributed by atoms with Crippen LogP contribution in [0.1, 0.15) is 49.1 Å². The number of nitrogens with zero attached hydrogens (tertiary/aromatic N) is 5. The van der Waals surface area contributed by atoms with Crippen LogP contribution in [0.5, 0.6) is 0 Å². The second kappa shape index (κ2) is 6.32. The van der Waals surface area contributed by atoms with E-state index in [2.05, 4.69) is 26.8 Å². The molecule has 1 saturated carbocycles. The van der Waals surface area contributed by atoms with Crippen molar-refractivity contribution in [1.82, 2.24) is 19.5 Å². The second-order valence-corrected chi connectivity index (χ2v) is 7.50. The molecule has 2 fully saturated rings. The zero-order valence-corrected chi connectivity index (χ0v) is 15.5. The summed E-state index contributed by atoms with van der Waals surface area (Å²) in [7, 11) is 0. The molecule has 6 nitrogen and oxygen atoms in total. The summed E-state index contributed by atoms with van der Waals surface area (Å²) in [6.07, 6.45) is 6.17. The Kier molecular flexibility index (Phi) is 4.13. The highest BCUT2D eigenvalue weighted by Crippen LogP contribution is 2.26. The van der Waals surface area contributed by atoms with Gasteiger partial charge in [0.1, 0.15) is 5.82 Å². The van der Waals surface area contributed by atoms with Gasteiger partial charge in [-0.05, 0) is 33.6 Å². The predicted octanol–water partition coefficient (Wildman–Crippen LogP) is 2.64. The van der Waals surface area contributed by atoms with Crippen LogP contribution in [0, 0.1) is 20.8 Å². The number of fused-ring (bicyclic) bond motifs is 1. The van der Waals surface area contributed by atoms with Gasteiger partial charge in [-0.3, -0.25) is 4.79 Å². The van der Waals surface area contributed by atoms with Gasteiger partial charge >= 0.3 is 0 Å². The van der Waals surface area contributed by atoms with Gasteiger partial charge in [0.25, 0.3) is 0 Å². The summed E-state index contributed by atoms with van der Waals surface area (Å²) >= 11 is 0. The fourth-order valence-corrected chi connectivity index (χ4v) is 4.22. The second-order valence-electron chi connectivity index (χ2n) is 7.50. The average molecular weight is 341 g/mol. The Bertz CT molecular complexity index is 806. The molecule has 0 spiro atoms. The van der Waals surface area contributed by atoms with E-state index in [1.54, 1.807) is 0 Å². The lowest BCUT2D eigenvalue weighted by molar-refractivity contribution is -0.134. The maximum absolute atomic E-state index is 12.8. The fraction of sp³-hybridized carbons (Fsp3) is 0.632. The van der Waals surface area contributed by atoms with Crippen LogP contribution < -0.4 is 4.90 Å². The average Bonchev–Trinajstić information content (AvgIpc) is 2.90. The number of carbonyl (C=O) groups excluding carboxylic acids is 1. The summed E-state index contributed by atoms with van der Waals surface area (Å²) in [6, 6.07) is 2.50. The number of anilines is 1. The topological polar surface area (TPSA) is 53.7 Å². The van der Waals surface area contributed by atoms with E-state index in [4.69, 9.17) is 0 Å². The highest BCUT2D eigenvalue weighted by molar-refractivity contribution is 5.83. The minimum atomic E-state index is 0.251. The lowest BCUT2D eigenvalue weighted by atomic mass is 9.93. The van der Waals surface area contributed by atoms with E-state index < -0.39 is 0 Å². The molecule has 0 aromatic carbocycles. The molecule has 25 heavy (non-hydrogen) atoms. The van der Waals surface area contributed by atoms with Crippen LogP contribution in [-0.2, 0) is 4.79 Å². The molecule has 2 aromatic heterocycles. The van der Waals surface area contributed by atoms with Gasteiger partial charge in [0.05, 0.1) is 12.2 Å². The van der Waals surface area contributed by atoms with Gasteiger partial charge in [0.15, 0.2) is 5.65 Å². The smallest absolute Gasteiger partial charge is 0.242 e. The minimum absolute atomic E-state index is 0.251. The number of amides is 1. The van der Waals surface area contributed by atoms with Gasteiger partial charge in [-0.2, -0.15) is 9.61 Å². The maximum atomic E-state index is 12.8. The molecule has 2 aliphatic rings. The molecule has 1 aliphatic carbocycles. The van der Waals surface area contributed by atoms with Gasteiger partial charge in [0.2, 0.25) is 5.91 Å². The number of hydrogen-bond donors (Lipinski definition) is 0. The molecule has 6 heteroatoms. The van der Waals surface area contributed by atoms with Crippen molar-refractivity contribution in [1.29, 1.82) is 0 Å². The van der Waals surface area contributed by atoms with Crippen molar-refractivity contribution in [2.75, 3.05) is 24.5 Å². The molecule has 3 heterocycles. The Morgan fingerprint density at radius 1 is 1.08 bits per heavy atom. The fourth-order valence-electron chi connectivity index (χ4n) is 4.22. The highest BCUT2D eigenvalue weighted by Gasteiger charge is 2.31. The molecule has 2 aromatic rings.